The van der Waals surface area contributed by atoms with Crippen molar-refractivity contribution in [2.24, 2.45) is 0 Å². The van der Waals surface area contributed by atoms with Gasteiger partial charge >= 0.3 is 0 Å². The van der Waals surface area contributed by atoms with Crippen molar-refractivity contribution in [2.75, 3.05) is 18.7 Å². The van der Waals surface area contributed by atoms with Crippen LogP contribution in [0.2, 0.25) is 0 Å². The highest BCUT2D eigenvalue weighted by Gasteiger charge is 2.16. The second kappa shape index (κ2) is 8.91. The van der Waals surface area contributed by atoms with Crippen molar-refractivity contribution in [3.05, 3.63) is 60.2 Å². The number of hydrogen-bond donors (Lipinski definition) is 3. The third-order valence-electron chi connectivity index (χ3n) is 3.70. The topological polar surface area (TPSA) is 124 Å². The van der Waals surface area contributed by atoms with Gasteiger partial charge in [0, 0.05) is 5.56 Å². The van der Waals surface area contributed by atoms with Gasteiger partial charge in [0.15, 0.2) is 5.82 Å². The Hall–Kier alpha value is -3.53. The number of ether oxygens (including phenoxy) is 1. The first-order valence-corrected chi connectivity index (χ1v) is 9.19. The van der Waals surface area contributed by atoms with Gasteiger partial charge in [-0.15, -0.1) is 10.2 Å². The molecule has 0 saturated heterocycles. The summed E-state index contributed by atoms with van der Waals surface area (Å²) < 4.78 is 6.60. The van der Waals surface area contributed by atoms with Crippen LogP contribution >= 0.6 is 11.8 Å². The van der Waals surface area contributed by atoms with E-state index in [4.69, 9.17) is 10.6 Å². The number of rotatable bonds is 6. The van der Waals surface area contributed by atoms with E-state index in [2.05, 4.69) is 21.0 Å². The summed E-state index contributed by atoms with van der Waals surface area (Å²) in [5, 5.41) is 8.43. The number of benzene rings is 2. The Balaban J connectivity index is 1.57. The van der Waals surface area contributed by atoms with E-state index < -0.39 is 11.8 Å². The van der Waals surface area contributed by atoms with Crippen LogP contribution in [0.4, 0.5) is 0 Å². The minimum Gasteiger partial charge on any atom is -0.496 e. The van der Waals surface area contributed by atoms with Crippen LogP contribution < -0.4 is 21.4 Å². The number of nitrogens with one attached hydrogen (secondary N) is 2. The van der Waals surface area contributed by atoms with E-state index in [1.54, 1.807) is 43.5 Å². The Labute approximate surface area is 165 Å². The molecule has 0 atom stereocenters. The predicted octanol–water partition coefficient (Wildman–Crippen LogP) is 1.22. The van der Waals surface area contributed by atoms with Gasteiger partial charge in [0.05, 0.1) is 18.4 Å². The van der Waals surface area contributed by atoms with Crippen LogP contribution in [0, 0.1) is 0 Å². The third-order valence-corrected chi connectivity index (χ3v) is 4.64. The molecule has 144 valence electrons. The molecule has 1 aromatic heterocycles. The molecular formula is C18H18N6O3S. The van der Waals surface area contributed by atoms with Crippen molar-refractivity contribution in [1.82, 2.24) is 25.7 Å². The molecule has 0 radical (unpaired) electrons. The number of hydrazine groups is 1. The zero-order valence-corrected chi connectivity index (χ0v) is 15.8. The molecule has 10 heteroatoms. The first-order chi connectivity index (χ1) is 13.6. The Morgan fingerprint density at radius 1 is 1.07 bits per heavy atom. The number of methoxy groups -OCH3 is 1. The molecule has 3 rings (SSSR count). The summed E-state index contributed by atoms with van der Waals surface area (Å²) >= 11 is 1.09. The third kappa shape index (κ3) is 4.41. The lowest BCUT2D eigenvalue weighted by Crippen LogP contribution is -2.42. The molecule has 4 N–H and O–H groups in total. The standard InChI is InChI=1S/C18H18N6O3S/c1-27-14-10-6-5-9-13(14)16-21-23-18(24(16)19)28-11-15(25)20-22-17(26)12-7-3-2-4-8-12/h2-10H,11,19H2,1H3,(H,20,25)(H,22,26). The van der Waals surface area contributed by atoms with Crippen molar-refractivity contribution in [1.29, 1.82) is 0 Å². The molecule has 2 amide bonds. The smallest absolute Gasteiger partial charge is 0.269 e. The molecule has 2 aromatic carbocycles. The van der Waals surface area contributed by atoms with Gasteiger partial charge in [-0.05, 0) is 24.3 Å². The van der Waals surface area contributed by atoms with Gasteiger partial charge in [0.2, 0.25) is 11.1 Å². The highest BCUT2D eigenvalue weighted by molar-refractivity contribution is 7.99. The number of amides is 2. The number of nitrogens with two attached hydrogens (primary N) is 1. The Morgan fingerprint density at radius 2 is 1.79 bits per heavy atom. The van der Waals surface area contributed by atoms with Gasteiger partial charge in [-0.25, -0.2) is 4.68 Å². The van der Waals surface area contributed by atoms with Gasteiger partial charge in [0.1, 0.15) is 5.75 Å². The second-order valence-corrected chi connectivity index (χ2v) is 6.48. The van der Waals surface area contributed by atoms with Crippen molar-refractivity contribution < 1.29 is 14.3 Å². The fourth-order valence-electron chi connectivity index (χ4n) is 2.34. The predicted molar refractivity (Wildman–Crippen MR) is 105 cm³/mol. The number of thioether (sulfide) groups is 1. The minimum atomic E-state index is -0.406. The van der Waals surface area contributed by atoms with Gasteiger partial charge in [0.25, 0.3) is 5.91 Å². The highest BCUT2D eigenvalue weighted by atomic mass is 32.2. The number of aromatic nitrogens is 3. The summed E-state index contributed by atoms with van der Waals surface area (Å²) in [4.78, 5) is 23.9. The van der Waals surface area contributed by atoms with Crippen LogP contribution in [0.15, 0.2) is 59.8 Å². The summed E-state index contributed by atoms with van der Waals surface area (Å²) in [6.07, 6.45) is 0. The second-order valence-electron chi connectivity index (χ2n) is 5.53. The van der Waals surface area contributed by atoms with Crippen LogP contribution in [-0.4, -0.2) is 39.6 Å². The average molecular weight is 398 g/mol. The maximum absolute atomic E-state index is 12.0. The number of nitrogens with zero attached hydrogens (tertiary/aromatic N) is 3. The van der Waals surface area contributed by atoms with Gasteiger partial charge in [-0.1, -0.05) is 42.1 Å². The van der Waals surface area contributed by atoms with E-state index in [1.165, 1.54) is 4.68 Å². The molecule has 3 aromatic rings. The van der Waals surface area contributed by atoms with Crippen LogP contribution in [0.3, 0.4) is 0 Å². The number of nitrogen functional groups attached to an aromatic ring is 1. The molecule has 0 saturated carbocycles. The summed E-state index contributed by atoms with van der Waals surface area (Å²) in [6.45, 7) is 0. The molecular weight excluding hydrogens is 380 g/mol. The number of hydrogen-bond acceptors (Lipinski definition) is 7. The zero-order valence-electron chi connectivity index (χ0n) is 15.0. The van der Waals surface area contributed by atoms with Crippen LogP contribution in [0.1, 0.15) is 10.4 Å². The molecule has 1 heterocycles. The van der Waals surface area contributed by atoms with E-state index in [0.29, 0.717) is 27.9 Å². The molecule has 9 nitrogen and oxygen atoms in total. The molecule has 0 fully saturated rings. The van der Waals surface area contributed by atoms with Crippen LogP contribution in [-0.2, 0) is 4.79 Å². The Bertz CT molecular complexity index is 976. The lowest BCUT2D eigenvalue weighted by molar-refractivity contribution is -0.119. The quantitative estimate of drug-likeness (QED) is 0.324. The highest BCUT2D eigenvalue weighted by Crippen LogP contribution is 2.29. The van der Waals surface area contributed by atoms with E-state index in [9.17, 15) is 9.59 Å². The normalized spacial score (nSPS) is 10.3. The number of carbonyl (C=O) groups excluding carboxylic acids is 2. The monoisotopic (exact) mass is 398 g/mol. The van der Waals surface area contributed by atoms with Gasteiger partial charge in [-0.2, -0.15) is 0 Å². The van der Waals surface area contributed by atoms with Gasteiger partial charge in [-0.3, -0.25) is 20.4 Å². The minimum absolute atomic E-state index is 0.00364. The van der Waals surface area contributed by atoms with E-state index in [1.807, 2.05) is 18.2 Å². The Kier molecular flexibility index (Phi) is 6.12. The molecule has 0 unspecified atom stereocenters. The molecule has 0 spiro atoms. The molecule has 0 aliphatic rings. The lowest BCUT2D eigenvalue weighted by Gasteiger charge is -2.08. The first-order valence-electron chi connectivity index (χ1n) is 8.21. The summed E-state index contributed by atoms with van der Waals surface area (Å²) in [5.74, 6) is 6.27. The fraction of sp³-hybridized carbons (Fsp3) is 0.111. The van der Waals surface area contributed by atoms with Crippen molar-refractivity contribution >= 4 is 23.6 Å². The lowest BCUT2D eigenvalue weighted by atomic mass is 10.2. The number of para-hydroxylation sites is 1. The summed E-state index contributed by atoms with van der Waals surface area (Å²) in [7, 11) is 1.56. The SMILES string of the molecule is COc1ccccc1-c1nnc(SCC(=O)NNC(=O)c2ccccc2)n1N. The molecule has 28 heavy (non-hydrogen) atoms. The maximum Gasteiger partial charge on any atom is 0.269 e. The van der Waals surface area contributed by atoms with Crippen molar-refractivity contribution in [3.63, 3.8) is 0 Å². The largest absolute Gasteiger partial charge is 0.496 e. The zero-order chi connectivity index (χ0) is 19.9. The van der Waals surface area contributed by atoms with E-state index in [0.717, 1.165) is 11.8 Å². The summed E-state index contributed by atoms with van der Waals surface area (Å²) in [6, 6.07) is 15.8. The number of carbonyl (C=O) groups is 2. The summed E-state index contributed by atoms with van der Waals surface area (Å²) in [5.41, 5.74) is 5.83. The first kappa shape index (κ1) is 19.2. The van der Waals surface area contributed by atoms with Crippen molar-refractivity contribution in [3.8, 4) is 17.1 Å². The fourth-order valence-corrected chi connectivity index (χ4v) is 3.00. The van der Waals surface area contributed by atoms with Crippen LogP contribution in [0.5, 0.6) is 5.75 Å². The average Bonchev–Trinajstić information content (AvgIpc) is 3.11. The van der Waals surface area contributed by atoms with Crippen molar-refractivity contribution in [2.45, 2.75) is 5.16 Å². The molecule has 0 bridgehead atoms. The van der Waals surface area contributed by atoms with E-state index >= 15 is 0 Å². The Morgan fingerprint density at radius 3 is 2.54 bits per heavy atom. The van der Waals surface area contributed by atoms with Gasteiger partial charge < -0.3 is 10.6 Å². The van der Waals surface area contributed by atoms with Crippen LogP contribution in [0.25, 0.3) is 11.4 Å². The maximum atomic E-state index is 12.0. The van der Waals surface area contributed by atoms with E-state index in [-0.39, 0.29) is 5.75 Å². The molecule has 0 aliphatic heterocycles. The molecule has 0 aliphatic carbocycles.